The Labute approximate surface area is 111 Å². The predicted molar refractivity (Wildman–Crippen MR) is 68.6 cm³/mol. The van der Waals surface area contributed by atoms with Gasteiger partial charge in [0.15, 0.2) is 5.82 Å². The number of aromatic nitrogens is 4. The van der Waals surface area contributed by atoms with Gasteiger partial charge in [0.1, 0.15) is 0 Å². The molecule has 2 aromatic rings. The molecule has 102 valence electrons. The molecule has 1 heterocycles. The van der Waals surface area contributed by atoms with Crippen molar-refractivity contribution in [1.82, 2.24) is 29.2 Å². The maximum atomic E-state index is 11.6. The Kier molecular flexibility index (Phi) is 3.88. The number of benzene rings is 1. The summed E-state index contributed by atoms with van der Waals surface area (Å²) in [5, 5.41) is 11.2. The van der Waals surface area contributed by atoms with Crippen molar-refractivity contribution in [2.75, 3.05) is 14.1 Å². The van der Waals surface area contributed by atoms with E-state index in [0.717, 1.165) is 9.99 Å². The number of rotatable bonds is 5. The third kappa shape index (κ3) is 3.13. The van der Waals surface area contributed by atoms with Gasteiger partial charge in [-0.25, -0.2) is 0 Å². The SMILES string of the molecule is CN(C)S(=O)(=O)NCc1nnnn1-c1ccccc1. The van der Waals surface area contributed by atoms with Crippen molar-refractivity contribution < 1.29 is 8.42 Å². The Balaban J connectivity index is 2.18. The number of para-hydroxylation sites is 1. The van der Waals surface area contributed by atoms with Crippen LogP contribution in [0.15, 0.2) is 30.3 Å². The Bertz CT molecular complexity index is 637. The lowest BCUT2D eigenvalue weighted by Gasteiger charge is -2.11. The topological polar surface area (TPSA) is 93.0 Å². The molecule has 0 fully saturated rings. The lowest BCUT2D eigenvalue weighted by Crippen LogP contribution is -2.35. The molecule has 2 rings (SSSR count). The summed E-state index contributed by atoms with van der Waals surface area (Å²) in [6.45, 7) is 0.0163. The van der Waals surface area contributed by atoms with Gasteiger partial charge in [0.25, 0.3) is 10.2 Å². The molecule has 0 bridgehead atoms. The summed E-state index contributed by atoms with van der Waals surface area (Å²) in [5.41, 5.74) is 0.770. The summed E-state index contributed by atoms with van der Waals surface area (Å²) < 4.78 is 28.2. The van der Waals surface area contributed by atoms with E-state index in [2.05, 4.69) is 20.2 Å². The van der Waals surface area contributed by atoms with Gasteiger partial charge >= 0.3 is 0 Å². The first-order valence-electron chi connectivity index (χ1n) is 5.50. The highest BCUT2D eigenvalue weighted by atomic mass is 32.2. The van der Waals surface area contributed by atoms with Crippen LogP contribution in [0.25, 0.3) is 5.69 Å². The lowest BCUT2D eigenvalue weighted by atomic mass is 10.3. The Morgan fingerprint density at radius 1 is 1.26 bits per heavy atom. The van der Waals surface area contributed by atoms with E-state index in [4.69, 9.17) is 0 Å². The number of hydrogen-bond acceptors (Lipinski definition) is 5. The zero-order chi connectivity index (χ0) is 13.9. The maximum absolute atomic E-state index is 11.6. The van der Waals surface area contributed by atoms with Gasteiger partial charge in [-0.1, -0.05) is 18.2 Å². The third-order valence-electron chi connectivity index (χ3n) is 2.43. The first-order chi connectivity index (χ1) is 9.00. The monoisotopic (exact) mass is 282 g/mol. The normalized spacial score (nSPS) is 11.9. The van der Waals surface area contributed by atoms with Crippen molar-refractivity contribution >= 4 is 10.2 Å². The van der Waals surface area contributed by atoms with E-state index in [0.29, 0.717) is 5.82 Å². The number of nitrogens with zero attached hydrogens (tertiary/aromatic N) is 5. The fraction of sp³-hybridized carbons (Fsp3) is 0.300. The van der Waals surface area contributed by atoms with Gasteiger partial charge in [0.05, 0.1) is 12.2 Å². The Morgan fingerprint density at radius 3 is 2.58 bits per heavy atom. The molecule has 8 nitrogen and oxygen atoms in total. The molecule has 9 heteroatoms. The maximum Gasteiger partial charge on any atom is 0.279 e. The lowest BCUT2D eigenvalue weighted by molar-refractivity contribution is 0.503. The summed E-state index contributed by atoms with van der Waals surface area (Å²) in [7, 11) is -0.605. The van der Waals surface area contributed by atoms with E-state index < -0.39 is 10.2 Å². The molecule has 0 saturated heterocycles. The summed E-state index contributed by atoms with van der Waals surface area (Å²) in [6.07, 6.45) is 0. The van der Waals surface area contributed by atoms with Crippen LogP contribution in [0.3, 0.4) is 0 Å². The second-order valence-corrected chi connectivity index (χ2v) is 5.92. The van der Waals surface area contributed by atoms with Gasteiger partial charge in [0.2, 0.25) is 0 Å². The highest BCUT2D eigenvalue weighted by Gasteiger charge is 2.15. The molecule has 1 aromatic carbocycles. The summed E-state index contributed by atoms with van der Waals surface area (Å²) in [6, 6.07) is 9.25. The van der Waals surface area contributed by atoms with Gasteiger partial charge in [0, 0.05) is 14.1 Å². The van der Waals surface area contributed by atoms with Crippen LogP contribution >= 0.6 is 0 Å². The van der Waals surface area contributed by atoms with Crippen molar-refractivity contribution in [3.63, 3.8) is 0 Å². The van der Waals surface area contributed by atoms with Crippen molar-refractivity contribution in [2.45, 2.75) is 6.54 Å². The summed E-state index contributed by atoms with van der Waals surface area (Å²) in [4.78, 5) is 0. The van der Waals surface area contributed by atoms with Crippen molar-refractivity contribution in [1.29, 1.82) is 0 Å². The average molecular weight is 282 g/mol. The van der Waals surface area contributed by atoms with Gasteiger partial charge in [-0.15, -0.1) is 5.10 Å². The van der Waals surface area contributed by atoms with Gasteiger partial charge in [-0.2, -0.15) is 22.1 Å². The zero-order valence-electron chi connectivity index (χ0n) is 10.6. The summed E-state index contributed by atoms with van der Waals surface area (Å²) in [5.74, 6) is 0.414. The van der Waals surface area contributed by atoms with E-state index in [1.165, 1.54) is 18.8 Å². The van der Waals surface area contributed by atoms with Crippen molar-refractivity contribution in [2.24, 2.45) is 0 Å². The van der Waals surface area contributed by atoms with Gasteiger partial charge < -0.3 is 0 Å². The van der Waals surface area contributed by atoms with Gasteiger partial charge in [-0.05, 0) is 22.6 Å². The quantitative estimate of drug-likeness (QED) is 0.802. The zero-order valence-corrected chi connectivity index (χ0v) is 11.4. The van der Waals surface area contributed by atoms with Gasteiger partial charge in [-0.3, -0.25) is 0 Å². The molecular weight excluding hydrogens is 268 g/mol. The van der Waals surface area contributed by atoms with Crippen LogP contribution in [0, 0.1) is 0 Å². The van der Waals surface area contributed by atoms with Crippen LogP contribution in [-0.4, -0.2) is 47.0 Å². The first-order valence-corrected chi connectivity index (χ1v) is 6.94. The number of hydrogen-bond donors (Lipinski definition) is 1. The molecule has 0 unspecified atom stereocenters. The van der Waals surface area contributed by atoms with Crippen LogP contribution in [0.1, 0.15) is 5.82 Å². The molecule has 19 heavy (non-hydrogen) atoms. The molecule has 0 aliphatic rings. The number of nitrogens with one attached hydrogen (secondary N) is 1. The fourth-order valence-corrected chi connectivity index (χ4v) is 1.94. The average Bonchev–Trinajstić information content (AvgIpc) is 2.85. The number of tetrazole rings is 1. The molecular formula is C10H14N6O2S. The minimum Gasteiger partial charge on any atom is -0.196 e. The molecule has 0 amide bonds. The van der Waals surface area contributed by atoms with Crippen LogP contribution in [-0.2, 0) is 16.8 Å². The van der Waals surface area contributed by atoms with Crippen molar-refractivity contribution in [3.8, 4) is 5.69 Å². The van der Waals surface area contributed by atoms with E-state index in [-0.39, 0.29) is 6.54 Å². The molecule has 1 aromatic heterocycles. The molecule has 1 N–H and O–H groups in total. The smallest absolute Gasteiger partial charge is 0.196 e. The largest absolute Gasteiger partial charge is 0.279 e. The fourth-order valence-electron chi connectivity index (χ4n) is 1.37. The molecule has 0 saturated carbocycles. The Hall–Kier alpha value is -1.84. The minimum atomic E-state index is -3.50. The Morgan fingerprint density at radius 2 is 1.95 bits per heavy atom. The first kappa shape index (κ1) is 13.6. The molecule has 0 radical (unpaired) electrons. The minimum absolute atomic E-state index is 0.0163. The highest BCUT2D eigenvalue weighted by molar-refractivity contribution is 7.87. The molecule has 0 aliphatic heterocycles. The molecule has 0 spiro atoms. The standard InChI is InChI=1S/C10H14N6O2S/c1-15(2)19(17,18)11-8-10-12-13-14-16(10)9-6-4-3-5-7-9/h3-7,11H,8H2,1-2H3. The van der Waals surface area contributed by atoms with Crippen molar-refractivity contribution in [3.05, 3.63) is 36.2 Å². The van der Waals surface area contributed by atoms with E-state index in [1.54, 1.807) is 0 Å². The summed E-state index contributed by atoms with van der Waals surface area (Å²) >= 11 is 0. The molecule has 0 aliphatic carbocycles. The van der Waals surface area contributed by atoms with E-state index >= 15 is 0 Å². The second-order valence-electron chi connectivity index (χ2n) is 3.95. The molecule has 0 atom stereocenters. The van der Waals surface area contributed by atoms with Crippen LogP contribution < -0.4 is 4.72 Å². The van der Waals surface area contributed by atoms with Crippen LogP contribution in [0.4, 0.5) is 0 Å². The van der Waals surface area contributed by atoms with Crippen LogP contribution in [0.2, 0.25) is 0 Å². The third-order valence-corrected chi connectivity index (χ3v) is 3.90. The van der Waals surface area contributed by atoms with E-state index in [9.17, 15) is 8.42 Å². The second kappa shape index (κ2) is 5.43. The van der Waals surface area contributed by atoms with E-state index in [1.807, 2.05) is 30.3 Å². The highest BCUT2D eigenvalue weighted by Crippen LogP contribution is 2.07. The van der Waals surface area contributed by atoms with Crippen LogP contribution in [0.5, 0.6) is 0 Å². The predicted octanol–water partition coefficient (Wildman–Crippen LogP) is -0.442.